The van der Waals surface area contributed by atoms with Gasteiger partial charge in [-0.25, -0.2) is 14.6 Å². The molecular weight excluding hydrogens is 454 g/mol. The van der Waals surface area contributed by atoms with E-state index in [9.17, 15) is 19.2 Å². The van der Waals surface area contributed by atoms with E-state index in [0.29, 0.717) is 11.0 Å². The van der Waals surface area contributed by atoms with Gasteiger partial charge < -0.3 is 25.5 Å². The molecule has 3 heterocycles. The van der Waals surface area contributed by atoms with E-state index in [1.165, 1.54) is 24.3 Å². The Bertz CT molecular complexity index is 906. The molecule has 2 aliphatic rings. The molecule has 0 aromatic carbocycles. The third kappa shape index (κ3) is 5.23. The number of amides is 2. The minimum atomic E-state index is -1.16. The smallest absolute Gasteiger partial charge is 0.377 e. The second-order valence-corrected chi connectivity index (χ2v) is 8.54. The van der Waals surface area contributed by atoms with Crippen molar-refractivity contribution in [3.63, 3.8) is 0 Å². The molecule has 3 N–H and O–H groups in total. The molecule has 15 heteroatoms. The molecule has 2 amide bonds. The molecular formula is C16H19N5O8S2. The van der Waals surface area contributed by atoms with Gasteiger partial charge in [0, 0.05) is 5.38 Å². The lowest BCUT2D eigenvalue weighted by molar-refractivity contribution is -0.306. The molecule has 3 atom stereocenters. The predicted octanol–water partition coefficient (Wildman–Crippen LogP) is -0.770. The standard InChI is InChI=1S/C16H19N5O8S2/c1-3-30-9-4-10(22)28-12(9)15(25)29-21-14(24)7(5-27-21)18-13(23)11(20-26-2)8-6-31-16(17)19-8/h6-7,9,12H,3-5H2,1-2H3,(H2,17,19)(H,18,23)/t7-,9?,12?/m0/s1. The third-order valence-corrected chi connectivity index (χ3v) is 5.90. The van der Waals surface area contributed by atoms with Gasteiger partial charge in [-0.15, -0.1) is 11.3 Å². The number of aromatic nitrogens is 1. The number of thioether (sulfide) groups is 1. The van der Waals surface area contributed by atoms with E-state index in [2.05, 4.69) is 20.3 Å². The number of nitrogens with zero attached hydrogens (tertiary/aromatic N) is 3. The number of oxime groups is 1. The molecule has 0 aliphatic carbocycles. The van der Waals surface area contributed by atoms with Crippen LogP contribution in [-0.2, 0) is 38.4 Å². The summed E-state index contributed by atoms with van der Waals surface area (Å²) >= 11 is 2.46. The van der Waals surface area contributed by atoms with Crippen LogP contribution in [0, 0.1) is 0 Å². The van der Waals surface area contributed by atoms with Crippen molar-refractivity contribution in [2.24, 2.45) is 5.16 Å². The Balaban J connectivity index is 1.60. The number of nitrogens with two attached hydrogens (primary N) is 1. The number of hydroxylamine groups is 2. The predicted molar refractivity (Wildman–Crippen MR) is 107 cm³/mol. The van der Waals surface area contributed by atoms with Gasteiger partial charge in [0.25, 0.3) is 5.91 Å². The lowest BCUT2D eigenvalue weighted by atomic mass is 10.2. The van der Waals surface area contributed by atoms with Gasteiger partial charge >= 0.3 is 17.8 Å². The molecule has 0 spiro atoms. The van der Waals surface area contributed by atoms with Gasteiger partial charge in [0.1, 0.15) is 25.5 Å². The molecule has 1 aromatic rings. The Labute approximate surface area is 184 Å². The number of esters is 1. The monoisotopic (exact) mass is 473 g/mol. The Morgan fingerprint density at radius 2 is 2.26 bits per heavy atom. The molecule has 13 nitrogen and oxygen atoms in total. The molecule has 0 saturated carbocycles. The normalized spacial score (nSPS) is 23.6. The van der Waals surface area contributed by atoms with Crippen LogP contribution >= 0.6 is 23.1 Å². The average molecular weight is 473 g/mol. The number of hydrogen-bond donors (Lipinski definition) is 2. The maximum Gasteiger partial charge on any atom is 0.377 e. The first-order valence-electron chi connectivity index (χ1n) is 8.97. The number of ether oxygens (including phenoxy) is 1. The number of anilines is 1. The lowest BCUT2D eigenvalue weighted by Gasteiger charge is -2.18. The highest BCUT2D eigenvalue weighted by molar-refractivity contribution is 8.00. The summed E-state index contributed by atoms with van der Waals surface area (Å²) in [5.41, 5.74) is 5.54. The van der Waals surface area contributed by atoms with E-state index in [4.69, 9.17) is 20.1 Å². The average Bonchev–Trinajstić information content (AvgIpc) is 3.41. The molecule has 2 aliphatic heterocycles. The summed E-state index contributed by atoms with van der Waals surface area (Å²) in [5.74, 6) is -2.42. The highest BCUT2D eigenvalue weighted by atomic mass is 32.2. The number of carbonyl (C=O) groups is 4. The summed E-state index contributed by atoms with van der Waals surface area (Å²) < 4.78 is 4.99. The van der Waals surface area contributed by atoms with Crippen LogP contribution in [0.2, 0.25) is 0 Å². The fourth-order valence-corrected chi connectivity index (χ4v) is 4.30. The third-order valence-electron chi connectivity index (χ3n) is 4.05. The zero-order valence-electron chi connectivity index (χ0n) is 16.4. The zero-order valence-corrected chi connectivity index (χ0v) is 18.1. The first kappa shape index (κ1) is 22.8. The molecule has 3 rings (SSSR count). The van der Waals surface area contributed by atoms with E-state index in [1.54, 1.807) is 0 Å². The minimum absolute atomic E-state index is 0.0640. The molecule has 2 unspecified atom stereocenters. The van der Waals surface area contributed by atoms with Crippen molar-refractivity contribution in [2.75, 3.05) is 25.2 Å². The molecule has 1 aromatic heterocycles. The van der Waals surface area contributed by atoms with Gasteiger partial charge in [-0.05, 0) is 11.0 Å². The van der Waals surface area contributed by atoms with Gasteiger partial charge in [-0.1, -0.05) is 12.1 Å². The summed E-state index contributed by atoms with van der Waals surface area (Å²) in [7, 11) is 1.24. The summed E-state index contributed by atoms with van der Waals surface area (Å²) in [6.45, 7) is 1.58. The number of hydrogen-bond acceptors (Lipinski definition) is 13. The van der Waals surface area contributed by atoms with E-state index >= 15 is 0 Å². The Morgan fingerprint density at radius 1 is 1.48 bits per heavy atom. The van der Waals surface area contributed by atoms with Crippen LogP contribution in [0.5, 0.6) is 0 Å². The van der Waals surface area contributed by atoms with Crippen LogP contribution in [0.25, 0.3) is 0 Å². The fourth-order valence-electron chi connectivity index (χ4n) is 2.73. The van der Waals surface area contributed by atoms with Crippen molar-refractivity contribution in [2.45, 2.75) is 30.7 Å². The minimum Gasteiger partial charge on any atom is -0.449 e. The van der Waals surface area contributed by atoms with Crippen LogP contribution in [-0.4, -0.2) is 76.5 Å². The largest absolute Gasteiger partial charge is 0.449 e. The molecule has 0 radical (unpaired) electrons. The summed E-state index contributed by atoms with van der Waals surface area (Å²) in [4.78, 5) is 67.5. The van der Waals surface area contributed by atoms with E-state index in [1.807, 2.05) is 6.92 Å². The lowest BCUT2D eigenvalue weighted by Crippen LogP contribution is -2.46. The number of nitrogen functional groups attached to an aromatic ring is 1. The number of thiazole rings is 1. The summed E-state index contributed by atoms with van der Waals surface area (Å²) in [6.07, 6.45) is -1.09. The Morgan fingerprint density at radius 3 is 2.90 bits per heavy atom. The van der Waals surface area contributed by atoms with Crippen molar-refractivity contribution in [1.29, 1.82) is 0 Å². The highest BCUT2D eigenvalue weighted by Gasteiger charge is 2.45. The number of nitrogens with one attached hydrogen (secondary N) is 1. The van der Waals surface area contributed by atoms with Crippen LogP contribution in [0.3, 0.4) is 0 Å². The van der Waals surface area contributed by atoms with Crippen molar-refractivity contribution >= 4 is 57.7 Å². The second kappa shape index (κ2) is 9.93. The number of cyclic esters (lactones) is 1. The van der Waals surface area contributed by atoms with E-state index in [-0.39, 0.29) is 29.6 Å². The van der Waals surface area contributed by atoms with Gasteiger partial charge in [-0.2, -0.15) is 11.8 Å². The van der Waals surface area contributed by atoms with Gasteiger partial charge in [0.05, 0.1) is 11.7 Å². The SMILES string of the molecule is CCSC1CC(=O)OC1C(=O)ON1OC[C@H](NC(=O)C(=NOC)c2csc(N)n2)C1=O. The number of rotatable bonds is 8. The highest BCUT2D eigenvalue weighted by Crippen LogP contribution is 2.28. The Kier molecular flexibility index (Phi) is 7.29. The van der Waals surface area contributed by atoms with Crippen molar-refractivity contribution < 1.29 is 38.4 Å². The van der Waals surface area contributed by atoms with Gasteiger partial charge in [-0.3, -0.25) is 14.4 Å². The molecule has 2 fully saturated rings. The zero-order chi connectivity index (χ0) is 22.5. The second-order valence-electron chi connectivity index (χ2n) is 6.13. The summed E-state index contributed by atoms with van der Waals surface area (Å²) in [6, 6.07) is -1.16. The molecule has 2 saturated heterocycles. The molecule has 0 bridgehead atoms. The van der Waals surface area contributed by atoms with Crippen molar-refractivity contribution in [3.8, 4) is 0 Å². The quantitative estimate of drug-likeness (QED) is 0.276. The summed E-state index contributed by atoms with van der Waals surface area (Å²) in [5, 5.41) is 7.69. The maximum absolute atomic E-state index is 12.5. The molecule has 168 valence electrons. The van der Waals surface area contributed by atoms with Crippen LogP contribution in [0.4, 0.5) is 5.13 Å². The first-order valence-corrected chi connectivity index (χ1v) is 10.9. The van der Waals surface area contributed by atoms with Gasteiger partial charge in [0.15, 0.2) is 10.8 Å². The van der Waals surface area contributed by atoms with E-state index in [0.717, 1.165) is 11.3 Å². The first-order chi connectivity index (χ1) is 14.8. The molecule has 31 heavy (non-hydrogen) atoms. The fraction of sp³-hybridized carbons (Fsp3) is 0.500. The van der Waals surface area contributed by atoms with Crippen molar-refractivity contribution in [1.82, 2.24) is 15.5 Å². The Hall–Kier alpha value is -2.91. The van der Waals surface area contributed by atoms with Crippen LogP contribution < -0.4 is 11.1 Å². The van der Waals surface area contributed by atoms with Gasteiger partial charge in [0.2, 0.25) is 6.10 Å². The number of carbonyl (C=O) groups excluding carboxylic acids is 4. The van der Waals surface area contributed by atoms with Crippen LogP contribution in [0.15, 0.2) is 10.5 Å². The van der Waals surface area contributed by atoms with E-state index < -0.39 is 41.1 Å². The van der Waals surface area contributed by atoms with Crippen LogP contribution in [0.1, 0.15) is 19.0 Å². The van der Waals surface area contributed by atoms with Crippen molar-refractivity contribution in [3.05, 3.63) is 11.1 Å². The maximum atomic E-state index is 12.5. The topological polar surface area (TPSA) is 172 Å².